The molecule has 0 bridgehead atoms. The number of likely N-dealkylation sites (N-methyl/N-ethyl adjacent to an activating group) is 1. The molecule has 2 amide bonds. The molecule has 28 heavy (non-hydrogen) atoms. The van der Waals surface area contributed by atoms with Gasteiger partial charge in [-0.15, -0.1) is 0 Å². The van der Waals surface area contributed by atoms with Crippen LogP contribution in [-0.2, 0) is 4.79 Å². The van der Waals surface area contributed by atoms with Crippen molar-refractivity contribution in [2.75, 3.05) is 45.8 Å². The standard InChI is InChI=1S/C21H38N4O3/c1-2-24(16-20(26)27)19-12-18(13-19)22-21(28)25-11-7-8-17(15-25)14-23-9-5-3-4-6-10-23/h17-19H,2-16H2,1H3,(H,22,28)(H,26,27). The first-order chi connectivity index (χ1) is 13.5. The molecule has 0 aromatic carbocycles. The second-order valence-corrected chi connectivity index (χ2v) is 8.90. The SMILES string of the molecule is CCN(CC(=O)O)C1CC(NC(=O)N2CCCC(CN3CCCCCC3)C2)C1. The molecule has 1 unspecified atom stereocenters. The Morgan fingerprint density at radius 2 is 1.79 bits per heavy atom. The third-order valence-corrected chi connectivity index (χ3v) is 6.72. The molecule has 160 valence electrons. The molecule has 0 radical (unpaired) electrons. The fourth-order valence-corrected chi connectivity index (χ4v) is 5.03. The van der Waals surface area contributed by atoms with Gasteiger partial charge in [0.25, 0.3) is 0 Å². The largest absolute Gasteiger partial charge is 0.480 e. The molecule has 1 aliphatic carbocycles. The van der Waals surface area contributed by atoms with Gasteiger partial charge in [0, 0.05) is 31.7 Å². The normalized spacial score (nSPS) is 29.2. The van der Waals surface area contributed by atoms with Crippen LogP contribution in [0.3, 0.4) is 0 Å². The predicted octanol–water partition coefficient (Wildman–Crippen LogP) is 2.22. The zero-order chi connectivity index (χ0) is 19.9. The van der Waals surface area contributed by atoms with Crippen LogP contribution in [-0.4, -0.2) is 89.7 Å². The third-order valence-electron chi connectivity index (χ3n) is 6.72. The van der Waals surface area contributed by atoms with E-state index in [-0.39, 0.29) is 24.7 Å². The lowest BCUT2D eigenvalue weighted by Crippen LogP contribution is -2.57. The van der Waals surface area contributed by atoms with Gasteiger partial charge in [-0.05, 0) is 64.1 Å². The van der Waals surface area contributed by atoms with Crippen LogP contribution in [0.1, 0.15) is 58.3 Å². The molecule has 2 aliphatic heterocycles. The maximum atomic E-state index is 12.7. The lowest BCUT2D eigenvalue weighted by molar-refractivity contribution is -0.139. The molecule has 3 rings (SSSR count). The van der Waals surface area contributed by atoms with E-state index in [1.54, 1.807) is 0 Å². The van der Waals surface area contributed by atoms with E-state index in [1.165, 1.54) is 45.2 Å². The van der Waals surface area contributed by atoms with Gasteiger partial charge in [0.05, 0.1) is 6.54 Å². The maximum absolute atomic E-state index is 12.7. The molecule has 1 atom stereocenters. The summed E-state index contributed by atoms with van der Waals surface area (Å²) in [6, 6.07) is 0.542. The number of hydrogen-bond acceptors (Lipinski definition) is 4. The molecule has 2 N–H and O–H groups in total. The maximum Gasteiger partial charge on any atom is 0.317 e. The summed E-state index contributed by atoms with van der Waals surface area (Å²) in [7, 11) is 0. The van der Waals surface area contributed by atoms with Gasteiger partial charge in [-0.25, -0.2) is 4.79 Å². The number of carbonyl (C=O) groups is 2. The van der Waals surface area contributed by atoms with Crippen molar-refractivity contribution in [2.24, 2.45) is 5.92 Å². The number of amides is 2. The number of likely N-dealkylation sites (tertiary alicyclic amines) is 2. The van der Waals surface area contributed by atoms with Crippen molar-refractivity contribution in [1.82, 2.24) is 20.0 Å². The Balaban J connectivity index is 1.39. The smallest absolute Gasteiger partial charge is 0.317 e. The molecule has 1 saturated carbocycles. The van der Waals surface area contributed by atoms with Crippen LogP contribution in [0.5, 0.6) is 0 Å². The number of urea groups is 1. The van der Waals surface area contributed by atoms with Crippen molar-refractivity contribution in [3.05, 3.63) is 0 Å². The molecule has 2 heterocycles. The van der Waals surface area contributed by atoms with Crippen LogP contribution < -0.4 is 5.32 Å². The van der Waals surface area contributed by atoms with Gasteiger partial charge in [-0.1, -0.05) is 19.8 Å². The Labute approximate surface area is 169 Å². The molecule has 0 aromatic heterocycles. The first-order valence-electron chi connectivity index (χ1n) is 11.3. The van der Waals surface area contributed by atoms with E-state index in [1.807, 2.05) is 16.7 Å². The molecule has 7 nitrogen and oxygen atoms in total. The number of rotatable bonds is 7. The number of aliphatic carboxylic acids is 1. The van der Waals surface area contributed by atoms with Crippen LogP contribution in [0.2, 0.25) is 0 Å². The molecular formula is C21H38N4O3. The summed E-state index contributed by atoms with van der Waals surface area (Å²) in [5.41, 5.74) is 0. The molecule has 7 heteroatoms. The first kappa shape index (κ1) is 21.4. The van der Waals surface area contributed by atoms with Crippen molar-refractivity contribution in [3.63, 3.8) is 0 Å². The Morgan fingerprint density at radius 3 is 2.43 bits per heavy atom. The summed E-state index contributed by atoms with van der Waals surface area (Å²) < 4.78 is 0. The summed E-state index contributed by atoms with van der Waals surface area (Å²) in [4.78, 5) is 30.3. The molecule has 3 fully saturated rings. The summed E-state index contributed by atoms with van der Waals surface area (Å²) in [6.45, 7) is 8.13. The highest BCUT2D eigenvalue weighted by molar-refractivity contribution is 5.74. The van der Waals surface area contributed by atoms with Gasteiger partial charge >= 0.3 is 12.0 Å². The lowest BCUT2D eigenvalue weighted by atomic mass is 9.85. The highest BCUT2D eigenvalue weighted by atomic mass is 16.4. The topological polar surface area (TPSA) is 76.1 Å². The van der Waals surface area contributed by atoms with Crippen molar-refractivity contribution in [2.45, 2.75) is 70.4 Å². The summed E-state index contributed by atoms with van der Waals surface area (Å²) in [5.74, 6) is -0.184. The van der Waals surface area contributed by atoms with E-state index in [4.69, 9.17) is 5.11 Å². The van der Waals surface area contributed by atoms with Gasteiger partial charge in [-0.3, -0.25) is 9.69 Å². The average molecular weight is 395 g/mol. The summed E-state index contributed by atoms with van der Waals surface area (Å²) in [6.07, 6.45) is 9.40. The van der Waals surface area contributed by atoms with Crippen LogP contribution in [0, 0.1) is 5.92 Å². The zero-order valence-corrected chi connectivity index (χ0v) is 17.4. The van der Waals surface area contributed by atoms with E-state index in [9.17, 15) is 9.59 Å². The second-order valence-electron chi connectivity index (χ2n) is 8.90. The molecule has 0 aromatic rings. The molecular weight excluding hydrogens is 356 g/mol. The Bertz CT molecular complexity index is 516. The zero-order valence-electron chi connectivity index (χ0n) is 17.4. The van der Waals surface area contributed by atoms with Crippen molar-refractivity contribution in [3.8, 4) is 0 Å². The number of carboxylic acids is 1. The van der Waals surface area contributed by atoms with E-state index >= 15 is 0 Å². The minimum atomic E-state index is -0.780. The molecule has 0 spiro atoms. The Kier molecular flexibility index (Phi) is 7.97. The van der Waals surface area contributed by atoms with E-state index in [0.717, 1.165) is 45.4 Å². The molecule has 2 saturated heterocycles. The highest BCUT2D eigenvalue weighted by Crippen LogP contribution is 2.26. The Hall–Kier alpha value is -1.34. The minimum absolute atomic E-state index is 0.0744. The van der Waals surface area contributed by atoms with Crippen LogP contribution in [0.4, 0.5) is 4.79 Å². The van der Waals surface area contributed by atoms with E-state index in [2.05, 4.69) is 10.2 Å². The number of nitrogens with one attached hydrogen (secondary N) is 1. The number of nitrogens with zero attached hydrogens (tertiary/aromatic N) is 3. The lowest BCUT2D eigenvalue weighted by Gasteiger charge is -2.43. The summed E-state index contributed by atoms with van der Waals surface area (Å²) in [5, 5.41) is 12.2. The van der Waals surface area contributed by atoms with E-state index in [0.29, 0.717) is 5.92 Å². The average Bonchev–Trinajstić information content (AvgIpc) is 2.91. The summed E-state index contributed by atoms with van der Waals surface area (Å²) >= 11 is 0. The van der Waals surface area contributed by atoms with Crippen LogP contribution in [0.15, 0.2) is 0 Å². The number of hydrogen-bond donors (Lipinski definition) is 2. The number of carbonyl (C=O) groups excluding carboxylic acids is 1. The second kappa shape index (κ2) is 10.4. The predicted molar refractivity (Wildman–Crippen MR) is 109 cm³/mol. The van der Waals surface area contributed by atoms with Crippen molar-refractivity contribution < 1.29 is 14.7 Å². The van der Waals surface area contributed by atoms with Gasteiger partial charge in [0.15, 0.2) is 0 Å². The number of carboxylic acid groups (broad SMARTS) is 1. The molecule has 3 aliphatic rings. The highest BCUT2D eigenvalue weighted by Gasteiger charge is 2.36. The fourth-order valence-electron chi connectivity index (χ4n) is 5.03. The van der Waals surface area contributed by atoms with Gasteiger partial charge in [0.1, 0.15) is 0 Å². The number of piperidine rings is 1. The quantitative estimate of drug-likeness (QED) is 0.692. The van der Waals surface area contributed by atoms with Gasteiger partial charge in [0.2, 0.25) is 0 Å². The Morgan fingerprint density at radius 1 is 1.07 bits per heavy atom. The van der Waals surface area contributed by atoms with Crippen molar-refractivity contribution >= 4 is 12.0 Å². The van der Waals surface area contributed by atoms with Crippen LogP contribution in [0.25, 0.3) is 0 Å². The van der Waals surface area contributed by atoms with E-state index < -0.39 is 5.97 Å². The van der Waals surface area contributed by atoms with Crippen LogP contribution >= 0.6 is 0 Å². The minimum Gasteiger partial charge on any atom is -0.480 e. The van der Waals surface area contributed by atoms with Gasteiger partial charge < -0.3 is 20.2 Å². The van der Waals surface area contributed by atoms with Crippen molar-refractivity contribution in [1.29, 1.82) is 0 Å². The third kappa shape index (κ3) is 6.08. The van der Waals surface area contributed by atoms with Gasteiger partial charge in [-0.2, -0.15) is 0 Å². The fraction of sp³-hybridized carbons (Fsp3) is 0.905. The monoisotopic (exact) mass is 394 g/mol. The first-order valence-corrected chi connectivity index (χ1v) is 11.3.